The molecule has 1 saturated carbocycles. The fraction of sp³-hybridized carbons (Fsp3) is 0.647. The fourth-order valence-electron chi connectivity index (χ4n) is 3.11. The molecule has 0 spiro atoms. The van der Waals surface area contributed by atoms with E-state index < -0.39 is 11.7 Å². The number of methoxy groups -OCH3 is 1. The highest BCUT2D eigenvalue weighted by atomic mass is 16.5. The van der Waals surface area contributed by atoms with Gasteiger partial charge in [0.2, 0.25) is 0 Å². The van der Waals surface area contributed by atoms with Crippen LogP contribution >= 0.6 is 0 Å². The summed E-state index contributed by atoms with van der Waals surface area (Å²) in [7, 11) is 1.65. The van der Waals surface area contributed by atoms with E-state index in [4.69, 9.17) is 14.2 Å². The molecule has 21 heavy (non-hydrogen) atoms. The molecule has 0 amide bonds. The molecular formula is C17H26O4. The van der Waals surface area contributed by atoms with Crippen molar-refractivity contribution < 1.29 is 19.3 Å². The van der Waals surface area contributed by atoms with Crippen molar-refractivity contribution in [3.05, 3.63) is 29.8 Å². The quantitative estimate of drug-likeness (QED) is 0.748. The van der Waals surface area contributed by atoms with Crippen molar-refractivity contribution in [2.24, 2.45) is 0 Å². The summed E-state index contributed by atoms with van der Waals surface area (Å²) in [6, 6.07) is 7.66. The van der Waals surface area contributed by atoms with Crippen molar-refractivity contribution in [2.45, 2.75) is 44.3 Å². The smallest absolute Gasteiger partial charge is 0.125 e. The highest BCUT2D eigenvalue weighted by molar-refractivity contribution is 5.36. The molecule has 1 aromatic carbocycles. The molecule has 4 nitrogen and oxygen atoms in total. The molecular weight excluding hydrogens is 268 g/mol. The van der Waals surface area contributed by atoms with E-state index >= 15 is 0 Å². The van der Waals surface area contributed by atoms with Gasteiger partial charge in [-0.15, -0.1) is 0 Å². The van der Waals surface area contributed by atoms with Crippen LogP contribution in [-0.4, -0.2) is 37.6 Å². The van der Waals surface area contributed by atoms with Gasteiger partial charge in [0.25, 0.3) is 0 Å². The Hall–Kier alpha value is -1.10. The van der Waals surface area contributed by atoms with E-state index in [1.165, 1.54) is 0 Å². The number of para-hydroxylation sites is 1. The number of ether oxygens (including phenoxy) is 3. The summed E-state index contributed by atoms with van der Waals surface area (Å²) in [5.74, 6) is 0.716. The topological polar surface area (TPSA) is 47.9 Å². The van der Waals surface area contributed by atoms with Crippen LogP contribution < -0.4 is 4.74 Å². The molecule has 4 heteroatoms. The summed E-state index contributed by atoms with van der Waals surface area (Å²) in [5, 5.41) is 10.9. The summed E-state index contributed by atoms with van der Waals surface area (Å²) in [5.41, 5.74) is 0.346. The third-order valence-corrected chi connectivity index (χ3v) is 4.14. The highest BCUT2D eigenvalue weighted by Crippen LogP contribution is 2.45. The van der Waals surface area contributed by atoms with Crippen LogP contribution in [0.3, 0.4) is 0 Å². The molecule has 0 aliphatic heterocycles. The van der Waals surface area contributed by atoms with Crippen molar-refractivity contribution in [1.29, 1.82) is 0 Å². The second kappa shape index (κ2) is 7.78. The molecule has 1 atom stereocenters. The van der Waals surface area contributed by atoms with Crippen molar-refractivity contribution in [3.63, 3.8) is 0 Å². The molecule has 0 heterocycles. The monoisotopic (exact) mass is 294 g/mol. The van der Waals surface area contributed by atoms with Crippen LogP contribution in [0.5, 0.6) is 5.75 Å². The van der Waals surface area contributed by atoms with E-state index in [-0.39, 0.29) is 0 Å². The van der Waals surface area contributed by atoms with Gasteiger partial charge in [0, 0.05) is 19.3 Å². The average Bonchev–Trinajstić information content (AvgIpc) is 2.97. The SMILES string of the molecule is CCOC1(C(O)c2ccccc2OCCOC)CCCC1. The number of aliphatic hydroxyl groups is 1. The minimum Gasteiger partial charge on any atom is -0.491 e. The van der Waals surface area contributed by atoms with Gasteiger partial charge in [-0.3, -0.25) is 0 Å². The second-order valence-electron chi connectivity index (χ2n) is 5.49. The third kappa shape index (κ3) is 3.76. The molecule has 2 rings (SSSR count). The molecule has 1 aromatic rings. The number of benzene rings is 1. The van der Waals surface area contributed by atoms with Gasteiger partial charge in [-0.2, -0.15) is 0 Å². The zero-order valence-electron chi connectivity index (χ0n) is 13.0. The molecule has 0 aromatic heterocycles. The summed E-state index contributed by atoms with van der Waals surface area (Å²) in [6.45, 7) is 3.60. The Kier molecular flexibility index (Phi) is 6.03. The number of hydrogen-bond acceptors (Lipinski definition) is 4. The maximum Gasteiger partial charge on any atom is 0.125 e. The normalized spacial score (nSPS) is 18.6. The summed E-state index contributed by atoms with van der Waals surface area (Å²) in [4.78, 5) is 0. The molecule has 1 N–H and O–H groups in total. The molecule has 1 aliphatic carbocycles. The molecule has 0 saturated heterocycles. The minimum absolute atomic E-state index is 0.463. The summed E-state index contributed by atoms with van der Waals surface area (Å²) in [6.07, 6.45) is 3.34. The molecule has 1 unspecified atom stereocenters. The van der Waals surface area contributed by atoms with Gasteiger partial charge >= 0.3 is 0 Å². The minimum atomic E-state index is -0.654. The molecule has 1 aliphatic rings. The van der Waals surface area contributed by atoms with Gasteiger partial charge in [-0.1, -0.05) is 31.0 Å². The maximum atomic E-state index is 10.9. The van der Waals surface area contributed by atoms with E-state index in [0.29, 0.717) is 25.6 Å². The van der Waals surface area contributed by atoms with Crippen LogP contribution in [0.2, 0.25) is 0 Å². The lowest BCUT2D eigenvalue weighted by Gasteiger charge is -2.35. The van der Waals surface area contributed by atoms with E-state index in [1.54, 1.807) is 7.11 Å². The molecule has 0 radical (unpaired) electrons. The predicted octanol–water partition coefficient (Wildman–Crippen LogP) is 3.09. The Balaban J connectivity index is 2.19. The van der Waals surface area contributed by atoms with Gasteiger partial charge in [0.1, 0.15) is 18.5 Å². The first-order valence-corrected chi connectivity index (χ1v) is 7.76. The van der Waals surface area contributed by atoms with Crippen LogP contribution in [0, 0.1) is 0 Å². The number of hydrogen-bond donors (Lipinski definition) is 1. The Labute approximate surface area is 127 Å². The Morgan fingerprint density at radius 3 is 2.57 bits per heavy atom. The average molecular weight is 294 g/mol. The molecule has 0 bridgehead atoms. The Morgan fingerprint density at radius 1 is 1.19 bits per heavy atom. The van der Waals surface area contributed by atoms with Gasteiger partial charge in [-0.25, -0.2) is 0 Å². The van der Waals surface area contributed by atoms with Crippen molar-refractivity contribution in [2.75, 3.05) is 26.9 Å². The largest absolute Gasteiger partial charge is 0.491 e. The van der Waals surface area contributed by atoms with Crippen LogP contribution in [-0.2, 0) is 9.47 Å². The second-order valence-corrected chi connectivity index (χ2v) is 5.49. The number of rotatable bonds is 8. The molecule has 118 valence electrons. The van der Waals surface area contributed by atoms with E-state index in [2.05, 4.69) is 0 Å². The maximum absolute atomic E-state index is 10.9. The van der Waals surface area contributed by atoms with E-state index in [1.807, 2.05) is 31.2 Å². The van der Waals surface area contributed by atoms with Crippen LogP contribution in [0.15, 0.2) is 24.3 Å². The lowest BCUT2D eigenvalue weighted by atomic mass is 9.88. The fourth-order valence-corrected chi connectivity index (χ4v) is 3.11. The third-order valence-electron chi connectivity index (χ3n) is 4.14. The zero-order chi connectivity index (χ0) is 15.1. The van der Waals surface area contributed by atoms with Crippen molar-refractivity contribution >= 4 is 0 Å². The Morgan fingerprint density at radius 2 is 1.90 bits per heavy atom. The summed E-state index contributed by atoms with van der Waals surface area (Å²) >= 11 is 0. The number of aliphatic hydroxyl groups excluding tert-OH is 1. The lowest BCUT2D eigenvalue weighted by Crippen LogP contribution is -2.37. The van der Waals surface area contributed by atoms with Gasteiger partial charge in [0.05, 0.1) is 12.2 Å². The van der Waals surface area contributed by atoms with Crippen molar-refractivity contribution in [1.82, 2.24) is 0 Å². The zero-order valence-corrected chi connectivity index (χ0v) is 13.0. The van der Waals surface area contributed by atoms with Crippen LogP contribution in [0.4, 0.5) is 0 Å². The van der Waals surface area contributed by atoms with Crippen LogP contribution in [0.25, 0.3) is 0 Å². The Bertz CT molecular complexity index is 427. The van der Waals surface area contributed by atoms with E-state index in [0.717, 1.165) is 31.2 Å². The summed E-state index contributed by atoms with van der Waals surface area (Å²) < 4.78 is 16.7. The first-order valence-electron chi connectivity index (χ1n) is 7.76. The van der Waals surface area contributed by atoms with Crippen LogP contribution in [0.1, 0.15) is 44.3 Å². The predicted molar refractivity (Wildman–Crippen MR) is 81.6 cm³/mol. The van der Waals surface area contributed by atoms with Gasteiger partial charge in [-0.05, 0) is 25.8 Å². The van der Waals surface area contributed by atoms with Gasteiger partial charge in [0.15, 0.2) is 0 Å². The van der Waals surface area contributed by atoms with Crippen molar-refractivity contribution in [3.8, 4) is 5.75 Å². The van der Waals surface area contributed by atoms with Gasteiger partial charge < -0.3 is 19.3 Å². The first-order chi connectivity index (χ1) is 10.2. The highest BCUT2D eigenvalue weighted by Gasteiger charge is 2.43. The molecule has 1 fully saturated rings. The standard InChI is InChI=1S/C17H26O4/c1-3-21-17(10-6-7-11-17)16(18)14-8-4-5-9-15(14)20-13-12-19-2/h4-5,8-9,16,18H,3,6-7,10-13H2,1-2H3. The lowest BCUT2D eigenvalue weighted by molar-refractivity contribution is -0.119. The van der Waals surface area contributed by atoms with E-state index in [9.17, 15) is 5.11 Å². The first kappa shape index (κ1) is 16.3.